The summed E-state index contributed by atoms with van der Waals surface area (Å²) < 4.78 is 30.9. The summed E-state index contributed by atoms with van der Waals surface area (Å²) in [6, 6.07) is 13.2. The van der Waals surface area contributed by atoms with E-state index in [0.717, 1.165) is 15.6 Å². The highest BCUT2D eigenvalue weighted by atomic mass is 32.2. The summed E-state index contributed by atoms with van der Waals surface area (Å²) in [4.78, 5) is 12.4. The molecule has 7 nitrogen and oxygen atoms in total. The van der Waals surface area contributed by atoms with Crippen LogP contribution >= 0.6 is 0 Å². The zero-order valence-electron chi connectivity index (χ0n) is 15.8. The third-order valence-electron chi connectivity index (χ3n) is 3.78. The van der Waals surface area contributed by atoms with Crippen molar-refractivity contribution in [2.75, 3.05) is 20.7 Å². The molecule has 1 N–H and O–H groups in total. The number of rotatable bonds is 7. The molecule has 8 heteroatoms. The van der Waals surface area contributed by atoms with E-state index in [1.54, 1.807) is 6.92 Å². The second-order valence-corrected chi connectivity index (χ2v) is 8.06. The monoisotopic (exact) mass is 389 g/mol. The zero-order valence-corrected chi connectivity index (χ0v) is 16.6. The van der Waals surface area contributed by atoms with Crippen LogP contribution in [-0.4, -0.2) is 45.0 Å². The summed E-state index contributed by atoms with van der Waals surface area (Å²) in [6.07, 6.45) is 0. The van der Waals surface area contributed by atoms with E-state index in [1.165, 1.54) is 38.4 Å². The fourth-order valence-corrected chi connectivity index (χ4v) is 3.18. The van der Waals surface area contributed by atoms with Crippen LogP contribution in [0.2, 0.25) is 0 Å². The number of nitrogens with zero attached hydrogens (tertiary/aromatic N) is 2. The molecule has 0 spiro atoms. The molecule has 0 atom stereocenters. The van der Waals surface area contributed by atoms with Crippen molar-refractivity contribution in [2.45, 2.75) is 18.7 Å². The van der Waals surface area contributed by atoms with Gasteiger partial charge in [0.15, 0.2) is 0 Å². The highest BCUT2D eigenvalue weighted by Crippen LogP contribution is 2.15. The average molecular weight is 389 g/mol. The smallest absolute Gasteiger partial charge is 0.271 e. The molecule has 0 aliphatic rings. The maximum Gasteiger partial charge on any atom is 0.271 e. The topological polar surface area (TPSA) is 88.1 Å². The number of benzene rings is 2. The van der Waals surface area contributed by atoms with Gasteiger partial charge in [0.05, 0.1) is 17.2 Å². The van der Waals surface area contributed by atoms with Gasteiger partial charge in [0.1, 0.15) is 5.75 Å². The molecule has 2 rings (SSSR count). The molecular formula is C19H23N3O4S. The Morgan fingerprint density at radius 2 is 1.78 bits per heavy atom. The minimum absolute atomic E-state index is 0.0485. The first kappa shape index (κ1) is 20.6. The molecule has 2 aromatic rings. The third kappa shape index (κ3) is 5.15. The lowest BCUT2D eigenvalue weighted by molar-refractivity contribution is 0.0954. The van der Waals surface area contributed by atoms with Crippen molar-refractivity contribution in [2.24, 2.45) is 5.10 Å². The predicted octanol–water partition coefficient (Wildman–Crippen LogP) is 2.49. The lowest BCUT2D eigenvalue weighted by Crippen LogP contribution is -2.23. The first-order valence-electron chi connectivity index (χ1n) is 8.36. The molecule has 0 aliphatic heterocycles. The zero-order chi connectivity index (χ0) is 20.0. The standard InChI is InChI=1S/C19H23N3O4S/c1-5-26-17-11-9-15(10-12-17)14(2)20-21-19(23)16-7-6-8-18(13-16)27(24,25)22(3)4/h6-13H,5H2,1-4H3,(H,21,23)/b20-14-. The van der Waals surface area contributed by atoms with Crippen LogP contribution < -0.4 is 10.2 Å². The molecule has 27 heavy (non-hydrogen) atoms. The van der Waals surface area contributed by atoms with Crippen molar-refractivity contribution < 1.29 is 17.9 Å². The largest absolute Gasteiger partial charge is 0.494 e. The highest BCUT2D eigenvalue weighted by molar-refractivity contribution is 7.89. The lowest BCUT2D eigenvalue weighted by Gasteiger charge is -2.12. The molecule has 0 aliphatic carbocycles. The Morgan fingerprint density at radius 3 is 2.37 bits per heavy atom. The number of carbonyl (C=O) groups excluding carboxylic acids is 1. The Morgan fingerprint density at radius 1 is 1.11 bits per heavy atom. The van der Waals surface area contributed by atoms with Crippen molar-refractivity contribution in [3.8, 4) is 5.75 Å². The van der Waals surface area contributed by atoms with Gasteiger partial charge in [-0.1, -0.05) is 6.07 Å². The molecule has 0 aromatic heterocycles. The van der Waals surface area contributed by atoms with Gasteiger partial charge in [-0.15, -0.1) is 0 Å². The Hall–Kier alpha value is -2.71. The van der Waals surface area contributed by atoms with Gasteiger partial charge in [-0.25, -0.2) is 18.1 Å². The van der Waals surface area contributed by atoms with Crippen LogP contribution in [0.25, 0.3) is 0 Å². The van der Waals surface area contributed by atoms with Gasteiger partial charge >= 0.3 is 0 Å². The van der Waals surface area contributed by atoms with E-state index in [2.05, 4.69) is 10.5 Å². The molecular weight excluding hydrogens is 366 g/mol. The van der Waals surface area contributed by atoms with Crippen molar-refractivity contribution in [1.82, 2.24) is 9.73 Å². The Bertz CT molecular complexity index is 936. The van der Waals surface area contributed by atoms with Gasteiger partial charge in [0, 0.05) is 19.7 Å². The summed E-state index contributed by atoms with van der Waals surface area (Å²) in [7, 11) is -0.736. The fraction of sp³-hybridized carbons (Fsp3) is 0.263. The Balaban J connectivity index is 2.14. The van der Waals surface area contributed by atoms with Gasteiger partial charge in [-0.2, -0.15) is 5.10 Å². The number of hydrazone groups is 1. The van der Waals surface area contributed by atoms with Gasteiger partial charge in [0.25, 0.3) is 5.91 Å². The average Bonchev–Trinajstić information content (AvgIpc) is 2.66. The van der Waals surface area contributed by atoms with Crippen LogP contribution in [0, 0.1) is 0 Å². The molecule has 1 amide bonds. The molecule has 2 aromatic carbocycles. The van der Waals surface area contributed by atoms with Gasteiger partial charge in [-0.05, 0) is 61.9 Å². The Kier molecular flexibility index (Phi) is 6.70. The SMILES string of the molecule is CCOc1ccc(/C(C)=N\NC(=O)c2cccc(S(=O)(=O)N(C)C)c2)cc1. The summed E-state index contributed by atoms with van der Waals surface area (Å²) in [5.74, 6) is 0.271. The molecule has 0 unspecified atom stereocenters. The highest BCUT2D eigenvalue weighted by Gasteiger charge is 2.18. The minimum Gasteiger partial charge on any atom is -0.494 e. The van der Waals surface area contributed by atoms with Crippen LogP contribution in [-0.2, 0) is 10.0 Å². The maximum atomic E-state index is 12.3. The van der Waals surface area contributed by atoms with Crippen LogP contribution in [0.15, 0.2) is 58.5 Å². The minimum atomic E-state index is -3.61. The molecule has 0 saturated heterocycles. The van der Waals surface area contributed by atoms with Crippen LogP contribution in [0.5, 0.6) is 5.75 Å². The summed E-state index contributed by atoms with van der Waals surface area (Å²) >= 11 is 0. The third-order valence-corrected chi connectivity index (χ3v) is 5.59. The number of hydrogen-bond donors (Lipinski definition) is 1. The first-order chi connectivity index (χ1) is 12.8. The summed E-state index contributed by atoms with van der Waals surface area (Å²) in [6.45, 7) is 4.27. The molecule has 0 bridgehead atoms. The quantitative estimate of drug-likeness (QED) is 0.582. The van der Waals surface area contributed by atoms with E-state index in [0.29, 0.717) is 12.3 Å². The number of amides is 1. The second-order valence-electron chi connectivity index (χ2n) is 5.91. The van der Waals surface area contributed by atoms with Crippen molar-refractivity contribution in [1.29, 1.82) is 0 Å². The first-order valence-corrected chi connectivity index (χ1v) is 9.80. The van der Waals surface area contributed by atoms with E-state index in [9.17, 15) is 13.2 Å². The molecule has 0 radical (unpaired) electrons. The van der Waals surface area contributed by atoms with E-state index in [4.69, 9.17) is 4.74 Å². The fourth-order valence-electron chi connectivity index (χ4n) is 2.23. The van der Waals surface area contributed by atoms with Crippen LogP contribution in [0.3, 0.4) is 0 Å². The molecule has 0 fully saturated rings. The second kappa shape index (κ2) is 8.79. The summed E-state index contributed by atoms with van der Waals surface area (Å²) in [5, 5.41) is 4.09. The van der Waals surface area contributed by atoms with Crippen molar-refractivity contribution in [3.05, 3.63) is 59.7 Å². The number of carbonyl (C=O) groups is 1. The van der Waals surface area contributed by atoms with Crippen LogP contribution in [0.1, 0.15) is 29.8 Å². The van der Waals surface area contributed by atoms with Gasteiger partial charge in [0.2, 0.25) is 10.0 Å². The van der Waals surface area contributed by atoms with E-state index in [-0.39, 0.29) is 10.5 Å². The number of sulfonamides is 1. The van der Waals surface area contributed by atoms with Gasteiger partial charge < -0.3 is 4.74 Å². The lowest BCUT2D eigenvalue weighted by atomic mass is 10.1. The predicted molar refractivity (Wildman–Crippen MR) is 105 cm³/mol. The molecule has 0 heterocycles. The normalized spacial score (nSPS) is 12.1. The number of nitrogens with one attached hydrogen (secondary N) is 1. The van der Waals surface area contributed by atoms with E-state index < -0.39 is 15.9 Å². The maximum absolute atomic E-state index is 12.3. The van der Waals surface area contributed by atoms with Crippen molar-refractivity contribution in [3.63, 3.8) is 0 Å². The summed E-state index contributed by atoms with van der Waals surface area (Å²) in [5.41, 5.74) is 4.11. The number of ether oxygens (including phenoxy) is 1. The Labute approximate surface area is 159 Å². The molecule has 0 saturated carbocycles. The van der Waals surface area contributed by atoms with Crippen molar-refractivity contribution >= 4 is 21.6 Å². The van der Waals surface area contributed by atoms with Gasteiger partial charge in [-0.3, -0.25) is 4.79 Å². The number of hydrogen-bond acceptors (Lipinski definition) is 5. The van der Waals surface area contributed by atoms with E-state index >= 15 is 0 Å². The van der Waals surface area contributed by atoms with Crippen LogP contribution in [0.4, 0.5) is 0 Å². The molecule has 144 valence electrons. The van der Waals surface area contributed by atoms with E-state index in [1.807, 2.05) is 31.2 Å².